The van der Waals surface area contributed by atoms with E-state index in [1.54, 1.807) is 0 Å². The molecule has 0 bridgehead atoms. The minimum atomic E-state index is -4.47. The van der Waals surface area contributed by atoms with E-state index in [1.807, 2.05) is 0 Å². The molecule has 1 aliphatic carbocycles. The Balaban J connectivity index is 2.02. The maximum Gasteiger partial charge on any atom is 0.417 e. The Hall–Kier alpha value is -0.970. The zero-order valence-corrected chi connectivity index (χ0v) is 11.9. The lowest BCUT2D eigenvalue weighted by Gasteiger charge is -2.20. The Bertz CT molecular complexity index is 464. The van der Waals surface area contributed by atoms with Crippen molar-refractivity contribution < 1.29 is 18.0 Å². The van der Waals surface area contributed by atoms with Crippen molar-refractivity contribution in [1.29, 1.82) is 0 Å². The van der Waals surface area contributed by atoms with Crippen LogP contribution in [-0.2, 0) is 6.18 Å². The molecule has 0 heterocycles. The Labute approximate surface area is 120 Å². The zero-order valence-electron chi connectivity index (χ0n) is 11.1. The van der Waals surface area contributed by atoms with Crippen LogP contribution < -0.4 is 0 Å². The Morgan fingerprint density at radius 3 is 2.45 bits per heavy atom. The van der Waals surface area contributed by atoms with Crippen LogP contribution in [0.5, 0.6) is 0 Å². The van der Waals surface area contributed by atoms with E-state index < -0.39 is 17.5 Å². The van der Waals surface area contributed by atoms with Gasteiger partial charge in [-0.1, -0.05) is 37.5 Å². The highest BCUT2D eigenvalue weighted by Gasteiger charge is 2.34. The quantitative estimate of drug-likeness (QED) is 0.732. The van der Waals surface area contributed by atoms with Crippen LogP contribution in [0.25, 0.3) is 0 Å². The zero-order chi connectivity index (χ0) is 14.6. The van der Waals surface area contributed by atoms with Gasteiger partial charge >= 0.3 is 6.18 Å². The minimum absolute atomic E-state index is 0.137. The average Bonchev–Trinajstić information content (AvgIpc) is 2.45. The van der Waals surface area contributed by atoms with Gasteiger partial charge in [0.25, 0.3) is 0 Å². The summed E-state index contributed by atoms with van der Waals surface area (Å²) in [5.41, 5.74) is -1.03. The molecule has 1 saturated carbocycles. The third-order valence-corrected chi connectivity index (χ3v) is 4.91. The van der Waals surface area contributed by atoms with Crippen molar-refractivity contribution in [2.24, 2.45) is 0 Å². The second-order valence-corrected chi connectivity index (χ2v) is 6.33. The third-order valence-electron chi connectivity index (χ3n) is 3.54. The van der Waals surface area contributed by atoms with Crippen molar-refractivity contribution in [3.8, 4) is 0 Å². The van der Waals surface area contributed by atoms with Gasteiger partial charge in [-0.25, -0.2) is 0 Å². The van der Waals surface area contributed by atoms with Crippen molar-refractivity contribution in [1.82, 2.24) is 0 Å². The van der Waals surface area contributed by atoms with Crippen LogP contribution in [0, 0.1) is 0 Å². The fourth-order valence-corrected chi connectivity index (χ4v) is 3.69. The normalized spacial score (nSPS) is 17.1. The maximum absolute atomic E-state index is 12.8. The number of carbonyl (C=O) groups excluding carboxylic acids is 1. The first kappa shape index (κ1) is 15.4. The number of ketones is 1. The molecule has 1 aromatic rings. The van der Waals surface area contributed by atoms with Crippen LogP contribution in [0.3, 0.4) is 0 Å². The second kappa shape index (κ2) is 6.66. The molecule has 110 valence electrons. The molecule has 0 aromatic heterocycles. The first-order chi connectivity index (χ1) is 9.48. The van der Waals surface area contributed by atoms with Crippen LogP contribution in [0.4, 0.5) is 13.2 Å². The van der Waals surface area contributed by atoms with Gasteiger partial charge in [0.1, 0.15) is 0 Å². The lowest BCUT2D eigenvalue weighted by molar-refractivity contribution is -0.137. The van der Waals surface area contributed by atoms with Gasteiger partial charge in [-0.2, -0.15) is 24.9 Å². The van der Waals surface area contributed by atoms with Crippen LogP contribution in [0.2, 0.25) is 0 Å². The molecule has 1 fully saturated rings. The molecule has 5 heteroatoms. The van der Waals surface area contributed by atoms with Crippen LogP contribution in [-0.4, -0.2) is 16.8 Å². The Morgan fingerprint density at radius 2 is 1.80 bits per heavy atom. The van der Waals surface area contributed by atoms with Gasteiger partial charge in [0.2, 0.25) is 0 Å². The summed E-state index contributed by atoms with van der Waals surface area (Å²) in [4.78, 5) is 12.0. The second-order valence-electron chi connectivity index (χ2n) is 5.04. The summed E-state index contributed by atoms with van der Waals surface area (Å²) >= 11 is 1.50. The number of thioether (sulfide) groups is 1. The Morgan fingerprint density at radius 1 is 1.15 bits per heavy atom. The molecule has 0 N–H and O–H groups in total. The van der Waals surface area contributed by atoms with Crippen molar-refractivity contribution in [2.45, 2.75) is 43.5 Å². The van der Waals surface area contributed by atoms with Gasteiger partial charge in [-0.15, -0.1) is 0 Å². The molecule has 0 atom stereocenters. The summed E-state index contributed by atoms with van der Waals surface area (Å²) in [5.74, 6) is -0.286. The number of carbonyl (C=O) groups is 1. The molecular formula is C15H17F3OS. The third kappa shape index (κ3) is 4.01. The monoisotopic (exact) mass is 302 g/mol. The van der Waals surface area contributed by atoms with Gasteiger partial charge in [0.15, 0.2) is 5.78 Å². The molecule has 0 unspecified atom stereocenters. The van der Waals surface area contributed by atoms with Gasteiger partial charge < -0.3 is 0 Å². The number of rotatable bonds is 4. The number of hydrogen-bond acceptors (Lipinski definition) is 2. The van der Waals surface area contributed by atoms with E-state index in [0.29, 0.717) is 5.25 Å². The minimum Gasteiger partial charge on any atom is -0.293 e. The summed E-state index contributed by atoms with van der Waals surface area (Å²) in [6, 6.07) is 5.03. The number of hydrogen-bond donors (Lipinski definition) is 0. The van der Waals surface area contributed by atoms with E-state index in [2.05, 4.69) is 0 Å². The first-order valence-corrected chi connectivity index (χ1v) is 7.84. The molecule has 1 aliphatic rings. The van der Waals surface area contributed by atoms with Crippen molar-refractivity contribution in [3.05, 3.63) is 35.4 Å². The number of benzene rings is 1. The number of halogens is 3. The van der Waals surface area contributed by atoms with Gasteiger partial charge in [-0.05, 0) is 18.9 Å². The van der Waals surface area contributed by atoms with Crippen molar-refractivity contribution >= 4 is 17.5 Å². The van der Waals surface area contributed by atoms with Crippen molar-refractivity contribution in [3.63, 3.8) is 0 Å². The van der Waals surface area contributed by atoms with Gasteiger partial charge in [-0.3, -0.25) is 4.79 Å². The van der Waals surface area contributed by atoms with E-state index in [0.717, 1.165) is 31.7 Å². The summed E-state index contributed by atoms with van der Waals surface area (Å²) in [6.07, 6.45) is 1.21. The van der Waals surface area contributed by atoms with Crippen molar-refractivity contribution in [2.75, 3.05) is 5.75 Å². The average molecular weight is 302 g/mol. The summed E-state index contributed by atoms with van der Waals surface area (Å²) in [5, 5.41) is 0.422. The smallest absolute Gasteiger partial charge is 0.293 e. The SMILES string of the molecule is O=C(CSC1CCCCC1)c1ccccc1C(F)(F)F. The molecule has 0 saturated heterocycles. The largest absolute Gasteiger partial charge is 0.417 e. The van der Waals surface area contributed by atoms with E-state index in [4.69, 9.17) is 0 Å². The summed E-state index contributed by atoms with van der Waals surface area (Å²) in [6.45, 7) is 0. The van der Waals surface area contributed by atoms with Crippen LogP contribution in [0.15, 0.2) is 24.3 Å². The lowest BCUT2D eigenvalue weighted by atomic mass is 10.0. The molecule has 0 spiro atoms. The highest BCUT2D eigenvalue weighted by atomic mass is 32.2. The fourth-order valence-electron chi connectivity index (χ4n) is 2.48. The first-order valence-electron chi connectivity index (χ1n) is 6.79. The maximum atomic E-state index is 12.8. The van der Waals surface area contributed by atoms with Crippen LogP contribution in [0.1, 0.15) is 48.0 Å². The predicted octanol–water partition coefficient (Wildman–Crippen LogP) is 4.95. The van der Waals surface area contributed by atoms with Gasteiger partial charge in [0.05, 0.1) is 11.3 Å². The highest BCUT2D eigenvalue weighted by Crippen LogP contribution is 2.33. The molecule has 2 rings (SSSR count). The molecule has 20 heavy (non-hydrogen) atoms. The standard InChI is InChI=1S/C15H17F3OS/c16-15(17,18)13-9-5-4-8-12(13)14(19)10-20-11-6-2-1-3-7-11/h4-5,8-9,11H,1-3,6-7,10H2. The lowest BCUT2D eigenvalue weighted by Crippen LogP contribution is -2.16. The summed E-state index contributed by atoms with van der Waals surface area (Å²) in [7, 11) is 0. The predicted molar refractivity (Wildman–Crippen MR) is 75.1 cm³/mol. The molecule has 0 radical (unpaired) electrons. The van der Waals surface area contributed by atoms with E-state index in [-0.39, 0.29) is 11.3 Å². The fraction of sp³-hybridized carbons (Fsp3) is 0.533. The molecule has 1 nitrogen and oxygen atoms in total. The molecular weight excluding hydrogens is 285 g/mol. The summed E-state index contributed by atoms with van der Waals surface area (Å²) < 4.78 is 38.5. The van der Waals surface area contributed by atoms with Gasteiger partial charge in [0, 0.05) is 10.8 Å². The van der Waals surface area contributed by atoms with Crippen LogP contribution >= 0.6 is 11.8 Å². The van der Waals surface area contributed by atoms with E-state index in [1.165, 1.54) is 36.4 Å². The topological polar surface area (TPSA) is 17.1 Å². The molecule has 0 amide bonds. The molecule has 1 aromatic carbocycles. The van der Waals surface area contributed by atoms with E-state index >= 15 is 0 Å². The number of Topliss-reactive ketones (excluding diaryl/α,β-unsaturated/α-hetero) is 1. The molecule has 0 aliphatic heterocycles. The number of alkyl halides is 3. The highest BCUT2D eigenvalue weighted by molar-refractivity contribution is 8.00. The Kier molecular flexibility index (Phi) is 5.13. The van der Waals surface area contributed by atoms with E-state index in [9.17, 15) is 18.0 Å².